The third-order valence-electron chi connectivity index (χ3n) is 12.0. The van der Waals surface area contributed by atoms with Gasteiger partial charge in [-0.05, 0) is 97.4 Å². The monoisotopic (exact) mass is 800 g/mol. The van der Waals surface area contributed by atoms with Gasteiger partial charge < -0.3 is 0 Å². The van der Waals surface area contributed by atoms with E-state index in [0.717, 1.165) is 63.1 Å². The zero-order valence-corrected chi connectivity index (χ0v) is 34.2. The molecule has 0 aliphatic heterocycles. The van der Waals surface area contributed by atoms with E-state index in [1.165, 1.54) is 67.8 Å². The molecule has 0 saturated carbocycles. The maximum Gasteiger partial charge on any atom is 0.161 e. The summed E-state index contributed by atoms with van der Waals surface area (Å²) < 4.78 is 5.16. The number of thiophene rings is 2. The maximum atomic E-state index is 5.71. The summed E-state index contributed by atoms with van der Waals surface area (Å²) in [4.78, 5) is 11.4. The lowest BCUT2D eigenvalue weighted by molar-refractivity contribution is 1.05. The topological polar surface area (TPSA) is 25.8 Å². The fourth-order valence-corrected chi connectivity index (χ4v) is 11.7. The fourth-order valence-electron chi connectivity index (χ4n) is 9.20. The van der Waals surface area contributed by atoms with Crippen LogP contribution in [0.2, 0.25) is 0 Å². The van der Waals surface area contributed by atoms with Gasteiger partial charge in [-0.25, -0.2) is 9.97 Å². The molecule has 0 fully saturated rings. The van der Waals surface area contributed by atoms with Crippen LogP contribution in [0.4, 0.5) is 0 Å². The highest BCUT2D eigenvalue weighted by atomic mass is 32.1. The molecule has 0 spiro atoms. The Morgan fingerprint density at radius 1 is 0.417 bits per heavy atom. The number of rotatable bonds is 6. The Balaban J connectivity index is 1.19. The van der Waals surface area contributed by atoms with E-state index in [-0.39, 0.29) is 0 Å². The van der Waals surface area contributed by atoms with Crippen molar-refractivity contribution in [3.05, 3.63) is 204 Å². The van der Waals surface area contributed by atoms with E-state index in [1.807, 2.05) is 22.7 Å². The maximum absolute atomic E-state index is 5.71. The quantitative estimate of drug-likeness (QED) is 0.167. The zero-order valence-electron chi connectivity index (χ0n) is 32.6. The molecular weight excluding hydrogens is 765 g/mol. The van der Waals surface area contributed by atoms with Gasteiger partial charge in [-0.15, -0.1) is 22.7 Å². The highest BCUT2D eigenvalue weighted by Crippen LogP contribution is 2.44. The number of benzene rings is 8. The summed E-state index contributed by atoms with van der Waals surface area (Å²) in [6.07, 6.45) is 4.31. The zero-order chi connectivity index (χ0) is 39.6. The van der Waals surface area contributed by atoms with E-state index in [2.05, 4.69) is 194 Å². The molecule has 60 heavy (non-hydrogen) atoms. The van der Waals surface area contributed by atoms with E-state index in [4.69, 9.17) is 9.97 Å². The molecule has 282 valence electrons. The molecule has 3 heterocycles. The van der Waals surface area contributed by atoms with Crippen molar-refractivity contribution in [3.63, 3.8) is 0 Å². The van der Waals surface area contributed by atoms with Crippen molar-refractivity contribution >= 4 is 75.4 Å². The SMILES string of the molecule is C1=c2c(sc3ccccc23)=C(c2cc(-c3cccc4c3sc3ccccc34)nc(-c3c(-c4ccccc4-c4ccccc4)ccc4cc(-c5ccccc5)ccc34)n2)CC1. The van der Waals surface area contributed by atoms with Gasteiger partial charge in [0.05, 0.1) is 11.4 Å². The van der Waals surface area contributed by atoms with Gasteiger partial charge in [0.2, 0.25) is 0 Å². The van der Waals surface area contributed by atoms with Crippen molar-refractivity contribution in [2.24, 2.45) is 0 Å². The summed E-state index contributed by atoms with van der Waals surface area (Å²) in [5.41, 5.74) is 12.4. The van der Waals surface area contributed by atoms with Crippen molar-refractivity contribution in [1.82, 2.24) is 9.97 Å². The molecule has 0 amide bonds. The van der Waals surface area contributed by atoms with Crippen LogP contribution < -0.4 is 9.75 Å². The Hall–Kier alpha value is -6.98. The summed E-state index contributed by atoms with van der Waals surface area (Å²) in [6.45, 7) is 0. The molecule has 1 aliphatic carbocycles. The average Bonchev–Trinajstić information content (AvgIpc) is 3.90. The van der Waals surface area contributed by atoms with Crippen LogP contribution in [0.5, 0.6) is 0 Å². The fraction of sp³-hybridized carbons (Fsp3) is 0.0357. The molecule has 2 nitrogen and oxygen atoms in total. The van der Waals surface area contributed by atoms with E-state index < -0.39 is 0 Å². The van der Waals surface area contributed by atoms with E-state index in [0.29, 0.717) is 0 Å². The molecule has 0 atom stereocenters. The minimum atomic E-state index is 0.737. The average molecular weight is 801 g/mol. The highest BCUT2D eigenvalue weighted by molar-refractivity contribution is 7.26. The van der Waals surface area contributed by atoms with Crippen LogP contribution in [0.15, 0.2) is 188 Å². The molecule has 1 aliphatic rings. The molecule has 0 N–H and O–H groups in total. The minimum Gasteiger partial charge on any atom is -0.228 e. The normalized spacial score (nSPS) is 12.6. The Labute approximate surface area is 355 Å². The summed E-state index contributed by atoms with van der Waals surface area (Å²) in [7, 11) is 0. The standard InChI is InChI=1S/C56H36N2S2/c1-3-15-35(16-4-1)37-29-31-40-38(33-37)30-32-44(41-20-8-7-19-39(41)36-17-5-2-6-18-36)53(40)56-57-49(47-25-13-23-45-42-21-9-11-27-51(42)59-54(45)47)34-50(58-56)48-26-14-24-46-43-22-10-12-28-52(43)60-55(46)48/h1-13,15-25,27-34H,14,26H2. The van der Waals surface area contributed by atoms with Crippen LogP contribution >= 0.6 is 22.7 Å². The molecule has 0 saturated heterocycles. The van der Waals surface area contributed by atoms with Crippen LogP contribution in [0.25, 0.3) is 109 Å². The second kappa shape index (κ2) is 14.4. The first-order valence-corrected chi connectivity index (χ1v) is 22.2. The predicted octanol–water partition coefficient (Wildman–Crippen LogP) is 14.3. The number of nitrogens with zero attached hydrogens (tertiary/aromatic N) is 2. The Bertz CT molecular complexity index is 3600. The summed E-state index contributed by atoms with van der Waals surface area (Å²) in [5.74, 6) is 0.737. The Kier molecular flexibility index (Phi) is 8.39. The lowest BCUT2D eigenvalue weighted by Gasteiger charge is -2.19. The van der Waals surface area contributed by atoms with E-state index in [1.54, 1.807) is 0 Å². The van der Waals surface area contributed by atoms with Gasteiger partial charge in [0.15, 0.2) is 5.82 Å². The van der Waals surface area contributed by atoms with Gasteiger partial charge >= 0.3 is 0 Å². The molecule has 3 aromatic heterocycles. The molecule has 11 aromatic rings. The minimum absolute atomic E-state index is 0.737. The Morgan fingerprint density at radius 2 is 1.08 bits per heavy atom. The van der Waals surface area contributed by atoms with Gasteiger partial charge in [-0.2, -0.15) is 0 Å². The first-order chi connectivity index (χ1) is 29.7. The van der Waals surface area contributed by atoms with Crippen LogP contribution in [0.1, 0.15) is 18.5 Å². The number of fused-ring (bicyclic) bond motifs is 7. The molecule has 0 unspecified atom stereocenters. The summed E-state index contributed by atoms with van der Waals surface area (Å²) >= 11 is 3.74. The van der Waals surface area contributed by atoms with Crippen molar-refractivity contribution in [3.8, 4) is 56.0 Å². The van der Waals surface area contributed by atoms with Crippen LogP contribution in [0.3, 0.4) is 0 Å². The van der Waals surface area contributed by atoms with Gasteiger partial charge in [-0.1, -0.05) is 170 Å². The second-order valence-electron chi connectivity index (χ2n) is 15.5. The van der Waals surface area contributed by atoms with Crippen LogP contribution in [-0.4, -0.2) is 9.97 Å². The number of hydrogen-bond donors (Lipinski definition) is 0. The molecular formula is C56H36N2S2. The lowest BCUT2D eigenvalue weighted by atomic mass is 9.88. The van der Waals surface area contributed by atoms with Gasteiger partial charge in [-0.3, -0.25) is 0 Å². The van der Waals surface area contributed by atoms with Crippen molar-refractivity contribution < 1.29 is 0 Å². The molecule has 8 aromatic carbocycles. The third-order valence-corrected chi connectivity index (χ3v) is 14.5. The van der Waals surface area contributed by atoms with E-state index in [9.17, 15) is 0 Å². The number of aromatic nitrogens is 2. The third kappa shape index (κ3) is 5.83. The second-order valence-corrected chi connectivity index (χ2v) is 17.6. The molecule has 12 rings (SSSR count). The molecule has 0 bridgehead atoms. The van der Waals surface area contributed by atoms with Crippen molar-refractivity contribution in [2.45, 2.75) is 12.8 Å². The van der Waals surface area contributed by atoms with Gasteiger partial charge in [0, 0.05) is 40.5 Å². The Morgan fingerprint density at radius 3 is 1.92 bits per heavy atom. The molecule has 0 radical (unpaired) electrons. The lowest BCUT2D eigenvalue weighted by Crippen LogP contribution is -2.25. The van der Waals surface area contributed by atoms with Crippen molar-refractivity contribution in [1.29, 1.82) is 0 Å². The largest absolute Gasteiger partial charge is 0.228 e. The van der Waals surface area contributed by atoms with Gasteiger partial charge in [0.1, 0.15) is 0 Å². The summed E-state index contributed by atoms with van der Waals surface area (Å²) in [5, 5.41) is 7.48. The highest BCUT2D eigenvalue weighted by Gasteiger charge is 2.23. The summed E-state index contributed by atoms with van der Waals surface area (Å²) in [6, 6.07) is 68.1. The van der Waals surface area contributed by atoms with Crippen LogP contribution in [0, 0.1) is 0 Å². The predicted molar refractivity (Wildman–Crippen MR) is 257 cm³/mol. The van der Waals surface area contributed by atoms with E-state index >= 15 is 0 Å². The van der Waals surface area contributed by atoms with Gasteiger partial charge in [0.25, 0.3) is 0 Å². The van der Waals surface area contributed by atoms with Crippen molar-refractivity contribution in [2.75, 3.05) is 0 Å². The number of hydrogen-bond acceptors (Lipinski definition) is 4. The first-order valence-electron chi connectivity index (χ1n) is 20.5. The smallest absolute Gasteiger partial charge is 0.161 e. The van der Waals surface area contributed by atoms with Crippen LogP contribution in [-0.2, 0) is 0 Å². The molecule has 4 heteroatoms. The first kappa shape index (κ1) is 35.0.